The van der Waals surface area contributed by atoms with Crippen molar-refractivity contribution in [2.75, 3.05) is 30.2 Å². The molecule has 0 bridgehead atoms. The van der Waals surface area contributed by atoms with Crippen LogP contribution < -0.4 is 9.62 Å². The lowest BCUT2D eigenvalue weighted by Crippen LogP contribution is -2.33. The monoisotopic (exact) mass is 284 g/mol. The third kappa shape index (κ3) is 4.84. The molecule has 0 fully saturated rings. The highest BCUT2D eigenvalue weighted by atomic mass is 32.2. The van der Waals surface area contributed by atoms with Crippen molar-refractivity contribution in [3.8, 4) is 0 Å². The van der Waals surface area contributed by atoms with Crippen LogP contribution in [-0.4, -0.2) is 34.3 Å². The Balaban J connectivity index is 2.78. The summed E-state index contributed by atoms with van der Waals surface area (Å²) >= 11 is 0. The van der Waals surface area contributed by atoms with Crippen molar-refractivity contribution in [1.29, 1.82) is 0 Å². The van der Waals surface area contributed by atoms with Crippen molar-refractivity contribution in [2.45, 2.75) is 26.7 Å². The molecule has 0 saturated carbocycles. The van der Waals surface area contributed by atoms with Crippen molar-refractivity contribution in [1.82, 2.24) is 5.32 Å². The lowest BCUT2D eigenvalue weighted by atomic mass is 10.2. The predicted molar refractivity (Wildman–Crippen MR) is 81.1 cm³/mol. The molecule has 0 spiro atoms. The summed E-state index contributed by atoms with van der Waals surface area (Å²) in [5.41, 5.74) is 1.83. The quantitative estimate of drug-likeness (QED) is 0.744. The Labute approximate surface area is 116 Å². The average molecular weight is 284 g/mol. The number of hydrogen-bond acceptors (Lipinski definition) is 3. The molecule has 0 radical (unpaired) electrons. The van der Waals surface area contributed by atoms with Crippen LogP contribution in [0.4, 0.5) is 5.69 Å². The Morgan fingerprint density at radius 1 is 1.26 bits per heavy atom. The van der Waals surface area contributed by atoms with Gasteiger partial charge in [-0.05, 0) is 58.0 Å². The summed E-state index contributed by atoms with van der Waals surface area (Å²) in [6.07, 6.45) is 1.56. The molecule has 1 aromatic carbocycles. The predicted octanol–water partition coefficient (Wildman–Crippen LogP) is 2.15. The van der Waals surface area contributed by atoms with E-state index in [4.69, 9.17) is 0 Å². The van der Waals surface area contributed by atoms with E-state index in [9.17, 15) is 8.42 Å². The number of hydrogen-bond donors (Lipinski definition) is 1. The Hall–Kier alpha value is -1.07. The van der Waals surface area contributed by atoms with Gasteiger partial charge >= 0.3 is 0 Å². The Morgan fingerprint density at radius 3 is 2.58 bits per heavy atom. The maximum atomic E-state index is 12.3. The lowest BCUT2D eigenvalue weighted by molar-refractivity contribution is 0.586. The molecule has 1 aromatic rings. The van der Waals surface area contributed by atoms with Crippen LogP contribution >= 0.6 is 0 Å². The largest absolute Gasteiger partial charge is 0.320 e. The summed E-state index contributed by atoms with van der Waals surface area (Å²) in [7, 11) is -1.34. The molecule has 0 aliphatic rings. The van der Waals surface area contributed by atoms with Gasteiger partial charge in [-0.2, -0.15) is 0 Å². The first-order chi connectivity index (χ1) is 9.01. The van der Waals surface area contributed by atoms with Gasteiger partial charge in [0.25, 0.3) is 0 Å². The van der Waals surface area contributed by atoms with Crippen molar-refractivity contribution in [2.24, 2.45) is 0 Å². The first kappa shape index (κ1) is 16.0. The fourth-order valence-electron chi connectivity index (χ4n) is 2.02. The number of anilines is 1. The molecule has 0 atom stereocenters. The summed E-state index contributed by atoms with van der Waals surface area (Å²) in [4.78, 5) is 0. The molecular formula is C14H24N2O2S. The molecule has 0 saturated heterocycles. The highest BCUT2D eigenvalue weighted by Crippen LogP contribution is 2.20. The van der Waals surface area contributed by atoms with Gasteiger partial charge in [-0.15, -0.1) is 0 Å². The third-order valence-corrected chi connectivity index (χ3v) is 4.94. The lowest BCUT2D eigenvalue weighted by Gasteiger charge is -2.23. The highest BCUT2D eigenvalue weighted by molar-refractivity contribution is 7.92. The van der Waals surface area contributed by atoms with Crippen LogP contribution in [0.3, 0.4) is 0 Å². The molecular weight excluding hydrogens is 260 g/mol. The second-order valence-corrected chi connectivity index (χ2v) is 6.64. The van der Waals surface area contributed by atoms with Gasteiger partial charge in [-0.3, -0.25) is 4.31 Å². The first-order valence-corrected chi connectivity index (χ1v) is 8.34. The number of sulfonamides is 1. The molecule has 0 heterocycles. The van der Waals surface area contributed by atoms with Crippen LogP contribution in [0.25, 0.3) is 0 Å². The summed E-state index contributed by atoms with van der Waals surface area (Å²) in [6.45, 7) is 5.16. The minimum atomic E-state index is -3.22. The molecule has 0 unspecified atom stereocenters. The van der Waals surface area contributed by atoms with Crippen LogP contribution in [0.2, 0.25) is 0 Å². The summed E-state index contributed by atoms with van der Waals surface area (Å²) < 4.78 is 26.2. The summed E-state index contributed by atoms with van der Waals surface area (Å²) in [6, 6.07) is 7.62. The van der Waals surface area contributed by atoms with E-state index in [1.54, 1.807) is 0 Å². The smallest absolute Gasteiger partial charge is 0.235 e. The van der Waals surface area contributed by atoms with Crippen molar-refractivity contribution < 1.29 is 8.42 Å². The van der Waals surface area contributed by atoms with E-state index in [1.807, 2.05) is 45.2 Å². The van der Waals surface area contributed by atoms with E-state index in [-0.39, 0.29) is 5.75 Å². The normalized spacial score (nSPS) is 11.5. The maximum Gasteiger partial charge on any atom is 0.235 e. The van der Waals surface area contributed by atoms with E-state index < -0.39 is 10.0 Å². The molecule has 1 rings (SSSR count). The van der Waals surface area contributed by atoms with E-state index in [0.717, 1.165) is 24.2 Å². The minimum absolute atomic E-state index is 0.205. The van der Waals surface area contributed by atoms with E-state index >= 15 is 0 Å². The van der Waals surface area contributed by atoms with E-state index in [1.165, 1.54) is 4.31 Å². The number of unbranched alkanes of at least 4 members (excludes halogenated alkanes) is 1. The second kappa shape index (κ2) is 7.50. The van der Waals surface area contributed by atoms with Crippen molar-refractivity contribution in [3.63, 3.8) is 0 Å². The molecule has 0 aliphatic heterocycles. The van der Waals surface area contributed by atoms with Gasteiger partial charge in [0.05, 0.1) is 11.4 Å². The van der Waals surface area contributed by atoms with Gasteiger partial charge in [0, 0.05) is 6.54 Å². The van der Waals surface area contributed by atoms with Crippen molar-refractivity contribution in [3.05, 3.63) is 29.8 Å². The summed E-state index contributed by atoms with van der Waals surface area (Å²) in [5.74, 6) is 0.205. The van der Waals surface area contributed by atoms with Gasteiger partial charge in [0.1, 0.15) is 0 Å². The standard InChI is InChI=1S/C14H24N2O2S/c1-4-16(14-9-7-8-13(2)12-14)19(17,18)11-6-5-10-15-3/h7-9,12,15H,4-6,10-11H2,1-3H3. The minimum Gasteiger partial charge on any atom is -0.320 e. The molecule has 0 aromatic heterocycles. The van der Waals surface area contributed by atoms with Gasteiger partial charge in [-0.1, -0.05) is 12.1 Å². The molecule has 0 amide bonds. The first-order valence-electron chi connectivity index (χ1n) is 6.73. The number of aryl methyl sites for hydroxylation is 1. The maximum absolute atomic E-state index is 12.3. The highest BCUT2D eigenvalue weighted by Gasteiger charge is 2.20. The van der Waals surface area contributed by atoms with E-state index in [0.29, 0.717) is 13.0 Å². The molecule has 0 aliphatic carbocycles. The zero-order valence-electron chi connectivity index (χ0n) is 12.0. The van der Waals surface area contributed by atoms with Gasteiger partial charge < -0.3 is 5.32 Å². The SMILES string of the molecule is CCN(c1cccc(C)c1)S(=O)(=O)CCCCNC. The van der Waals surface area contributed by atoms with Crippen molar-refractivity contribution >= 4 is 15.7 Å². The Bertz CT molecular complexity index is 486. The van der Waals surface area contributed by atoms with Gasteiger partial charge in [0.15, 0.2) is 0 Å². The zero-order chi connectivity index (χ0) is 14.3. The average Bonchev–Trinajstić information content (AvgIpc) is 2.35. The van der Waals surface area contributed by atoms with Crippen LogP contribution in [0.5, 0.6) is 0 Å². The fraction of sp³-hybridized carbons (Fsp3) is 0.571. The Morgan fingerprint density at radius 2 is 2.00 bits per heavy atom. The molecule has 19 heavy (non-hydrogen) atoms. The van der Waals surface area contributed by atoms with Gasteiger partial charge in [0.2, 0.25) is 10.0 Å². The molecule has 4 nitrogen and oxygen atoms in total. The van der Waals surface area contributed by atoms with Crippen LogP contribution in [0.1, 0.15) is 25.3 Å². The molecule has 108 valence electrons. The number of nitrogens with one attached hydrogen (secondary N) is 1. The topological polar surface area (TPSA) is 49.4 Å². The number of nitrogens with zero attached hydrogens (tertiary/aromatic N) is 1. The molecule has 5 heteroatoms. The molecule has 1 N–H and O–H groups in total. The third-order valence-electron chi connectivity index (χ3n) is 2.99. The van der Waals surface area contributed by atoms with Gasteiger partial charge in [-0.25, -0.2) is 8.42 Å². The van der Waals surface area contributed by atoms with Crippen LogP contribution in [-0.2, 0) is 10.0 Å². The Kier molecular flexibility index (Phi) is 6.31. The summed E-state index contributed by atoms with van der Waals surface area (Å²) in [5, 5.41) is 3.03. The number of benzene rings is 1. The van der Waals surface area contributed by atoms with E-state index in [2.05, 4.69) is 5.32 Å². The van der Waals surface area contributed by atoms with Crippen LogP contribution in [0, 0.1) is 6.92 Å². The zero-order valence-corrected chi connectivity index (χ0v) is 12.8. The second-order valence-electron chi connectivity index (χ2n) is 4.63. The fourth-order valence-corrected chi connectivity index (χ4v) is 3.64. The van der Waals surface area contributed by atoms with Crippen LogP contribution in [0.15, 0.2) is 24.3 Å². The number of rotatable bonds is 8.